The number of rotatable bonds is 17. The van der Waals surface area contributed by atoms with Crippen LogP contribution in [0.2, 0.25) is 0 Å². The highest BCUT2D eigenvalue weighted by molar-refractivity contribution is 5.77. The van der Waals surface area contributed by atoms with Crippen LogP contribution < -0.4 is 9.47 Å². The molecular formula is C27H40N2O4. The predicted octanol–water partition coefficient (Wildman–Crippen LogP) is 6.77. The third-order valence-electron chi connectivity index (χ3n) is 5.42. The fraction of sp³-hybridized carbons (Fsp3) is 0.593. The van der Waals surface area contributed by atoms with Crippen molar-refractivity contribution in [2.75, 3.05) is 13.2 Å². The summed E-state index contributed by atoms with van der Waals surface area (Å²) >= 11 is 0. The summed E-state index contributed by atoms with van der Waals surface area (Å²) in [5.74, 6) is 1.37. The standard InChI is InChI=1S/C27H40N2O4/c1-4-6-8-10-11-13-19-32-25-20-28-26(29-21-25)23-14-16-24(17-15-23)33-27(30)22(3)31-18-12-9-7-5-2/h14-17,20-22H,4-13,18-19H2,1-3H3. The van der Waals surface area contributed by atoms with Crippen molar-refractivity contribution in [2.24, 2.45) is 0 Å². The Balaban J connectivity index is 1.73. The Hall–Kier alpha value is -2.47. The molecule has 2 rings (SSSR count). The summed E-state index contributed by atoms with van der Waals surface area (Å²) in [5.41, 5.74) is 0.845. The molecule has 0 bridgehead atoms. The first-order valence-corrected chi connectivity index (χ1v) is 12.5. The van der Waals surface area contributed by atoms with Gasteiger partial charge in [-0.3, -0.25) is 0 Å². The van der Waals surface area contributed by atoms with E-state index in [4.69, 9.17) is 14.2 Å². The zero-order valence-electron chi connectivity index (χ0n) is 20.6. The average Bonchev–Trinajstić information content (AvgIpc) is 2.84. The SMILES string of the molecule is CCCCCCCCOc1cnc(-c2ccc(OC(=O)C(C)OCCCCCC)cc2)nc1. The van der Waals surface area contributed by atoms with Crippen molar-refractivity contribution in [1.82, 2.24) is 9.97 Å². The smallest absolute Gasteiger partial charge is 0.340 e. The Labute approximate surface area is 199 Å². The number of carbonyl (C=O) groups is 1. The quantitative estimate of drug-likeness (QED) is 0.149. The van der Waals surface area contributed by atoms with Crippen LogP contribution in [-0.4, -0.2) is 35.3 Å². The van der Waals surface area contributed by atoms with Gasteiger partial charge in [-0.15, -0.1) is 0 Å². The van der Waals surface area contributed by atoms with E-state index in [0.29, 0.717) is 30.5 Å². The molecule has 33 heavy (non-hydrogen) atoms. The Morgan fingerprint density at radius 2 is 1.36 bits per heavy atom. The lowest BCUT2D eigenvalue weighted by Gasteiger charge is -2.12. The molecule has 0 aliphatic heterocycles. The van der Waals surface area contributed by atoms with Crippen LogP contribution in [0.4, 0.5) is 0 Å². The summed E-state index contributed by atoms with van der Waals surface area (Å²) in [6, 6.07) is 7.16. The van der Waals surface area contributed by atoms with E-state index in [1.165, 1.54) is 44.9 Å². The maximum Gasteiger partial charge on any atom is 0.340 e. The van der Waals surface area contributed by atoms with Crippen LogP contribution in [0.15, 0.2) is 36.7 Å². The molecule has 1 heterocycles. The van der Waals surface area contributed by atoms with Gasteiger partial charge >= 0.3 is 5.97 Å². The van der Waals surface area contributed by atoms with Gasteiger partial charge in [0.25, 0.3) is 0 Å². The molecule has 0 aliphatic carbocycles. The minimum atomic E-state index is -0.585. The fourth-order valence-corrected chi connectivity index (χ4v) is 3.34. The van der Waals surface area contributed by atoms with Crippen molar-refractivity contribution < 1.29 is 19.0 Å². The number of benzene rings is 1. The molecule has 0 fully saturated rings. The number of hydrogen-bond acceptors (Lipinski definition) is 6. The predicted molar refractivity (Wildman–Crippen MR) is 132 cm³/mol. The van der Waals surface area contributed by atoms with Crippen molar-refractivity contribution in [1.29, 1.82) is 0 Å². The van der Waals surface area contributed by atoms with Crippen molar-refractivity contribution in [3.05, 3.63) is 36.7 Å². The van der Waals surface area contributed by atoms with Gasteiger partial charge in [-0.05, 0) is 44.0 Å². The van der Waals surface area contributed by atoms with E-state index in [9.17, 15) is 4.79 Å². The second-order valence-corrected chi connectivity index (χ2v) is 8.38. The van der Waals surface area contributed by atoms with Crippen LogP contribution in [-0.2, 0) is 9.53 Å². The molecule has 1 atom stereocenters. The van der Waals surface area contributed by atoms with Crippen LogP contribution >= 0.6 is 0 Å². The van der Waals surface area contributed by atoms with E-state index in [1.807, 2.05) is 12.1 Å². The highest BCUT2D eigenvalue weighted by Gasteiger charge is 2.16. The normalized spacial score (nSPS) is 11.8. The van der Waals surface area contributed by atoms with E-state index in [2.05, 4.69) is 23.8 Å². The Morgan fingerprint density at radius 1 is 0.788 bits per heavy atom. The largest absolute Gasteiger partial charge is 0.490 e. The number of aromatic nitrogens is 2. The summed E-state index contributed by atoms with van der Waals surface area (Å²) in [7, 11) is 0. The number of hydrogen-bond donors (Lipinski definition) is 0. The molecule has 1 aromatic heterocycles. The van der Waals surface area contributed by atoms with Crippen molar-refractivity contribution in [3.8, 4) is 22.9 Å². The summed E-state index contributed by atoms with van der Waals surface area (Å²) in [6.07, 6.45) is 14.7. The first kappa shape index (κ1) is 26.8. The van der Waals surface area contributed by atoms with Gasteiger partial charge in [-0.2, -0.15) is 0 Å². The summed E-state index contributed by atoms with van der Waals surface area (Å²) in [6.45, 7) is 7.38. The fourth-order valence-electron chi connectivity index (χ4n) is 3.34. The maximum absolute atomic E-state index is 12.2. The van der Waals surface area contributed by atoms with Crippen LogP contribution in [0.5, 0.6) is 11.5 Å². The molecule has 2 aromatic rings. The Kier molecular flexibility index (Phi) is 13.1. The van der Waals surface area contributed by atoms with Gasteiger partial charge in [0, 0.05) is 12.2 Å². The van der Waals surface area contributed by atoms with Gasteiger partial charge in [0.2, 0.25) is 0 Å². The van der Waals surface area contributed by atoms with Crippen molar-refractivity contribution in [3.63, 3.8) is 0 Å². The number of ether oxygens (including phenoxy) is 3. The molecular weight excluding hydrogens is 416 g/mol. The molecule has 182 valence electrons. The molecule has 0 saturated carbocycles. The number of unbranched alkanes of at least 4 members (excludes halogenated alkanes) is 8. The highest BCUT2D eigenvalue weighted by atomic mass is 16.6. The zero-order chi connectivity index (χ0) is 23.7. The van der Waals surface area contributed by atoms with E-state index >= 15 is 0 Å². The average molecular weight is 457 g/mol. The van der Waals surface area contributed by atoms with E-state index in [1.54, 1.807) is 31.5 Å². The highest BCUT2D eigenvalue weighted by Crippen LogP contribution is 2.21. The van der Waals surface area contributed by atoms with Gasteiger partial charge in [0.1, 0.15) is 5.75 Å². The van der Waals surface area contributed by atoms with Gasteiger partial charge < -0.3 is 14.2 Å². The van der Waals surface area contributed by atoms with Crippen molar-refractivity contribution in [2.45, 2.75) is 91.1 Å². The van der Waals surface area contributed by atoms with Crippen LogP contribution in [0, 0.1) is 0 Å². The molecule has 0 radical (unpaired) electrons. The molecule has 6 nitrogen and oxygen atoms in total. The monoisotopic (exact) mass is 456 g/mol. The molecule has 1 aromatic carbocycles. The van der Waals surface area contributed by atoms with E-state index in [-0.39, 0.29) is 5.97 Å². The topological polar surface area (TPSA) is 70.5 Å². The first-order chi connectivity index (χ1) is 16.1. The summed E-state index contributed by atoms with van der Waals surface area (Å²) in [4.78, 5) is 21.0. The third-order valence-corrected chi connectivity index (χ3v) is 5.42. The molecule has 0 amide bonds. The summed E-state index contributed by atoms with van der Waals surface area (Å²) in [5, 5.41) is 0. The summed E-state index contributed by atoms with van der Waals surface area (Å²) < 4.78 is 16.7. The third kappa shape index (κ3) is 10.8. The van der Waals surface area contributed by atoms with Crippen LogP contribution in [0.1, 0.15) is 85.0 Å². The van der Waals surface area contributed by atoms with Crippen LogP contribution in [0.3, 0.4) is 0 Å². The second kappa shape index (κ2) is 16.2. The van der Waals surface area contributed by atoms with E-state index < -0.39 is 6.10 Å². The Morgan fingerprint density at radius 3 is 2.03 bits per heavy atom. The lowest BCUT2D eigenvalue weighted by Crippen LogP contribution is -2.26. The second-order valence-electron chi connectivity index (χ2n) is 8.38. The maximum atomic E-state index is 12.2. The first-order valence-electron chi connectivity index (χ1n) is 12.5. The Bertz CT molecular complexity index is 778. The van der Waals surface area contributed by atoms with Gasteiger partial charge in [0.05, 0.1) is 19.0 Å². The minimum Gasteiger partial charge on any atom is -0.490 e. The molecule has 0 saturated heterocycles. The molecule has 0 aliphatic rings. The molecule has 0 spiro atoms. The molecule has 6 heteroatoms. The van der Waals surface area contributed by atoms with Gasteiger partial charge in [-0.25, -0.2) is 14.8 Å². The number of carbonyl (C=O) groups excluding carboxylic acids is 1. The number of esters is 1. The lowest BCUT2D eigenvalue weighted by molar-refractivity contribution is -0.146. The molecule has 0 N–H and O–H groups in total. The lowest BCUT2D eigenvalue weighted by atomic mass is 10.1. The van der Waals surface area contributed by atoms with Crippen LogP contribution in [0.25, 0.3) is 11.4 Å². The zero-order valence-corrected chi connectivity index (χ0v) is 20.6. The minimum absolute atomic E-state index is 0.388. The number of nitrogens with zero attached hydrogens (tertiary/aromatic N) is 2. The van der Waals surface area contributed by atoms with Gasteiger partial charge in [0.15, 0.2) is 17.7 Å². The van der Waals surface area contributed by atoms with E-state index in [0.717, 1.165) is 24.8 Å². The van der Waals surface area contributed by atoms with Gasteiger partial charge in [-0.1, -0.05) is 65.2 Å². The van der Waals surface area contributed by atoms with Crippen molar-refractivity contribution >= 4 is 5.97 Å². The molecule has 1 unspecified atom stereocenters.